The number of carboxylic acid groups (broad SMARTS) is 1. The first-order valence-electron chi connectivity index (χ1n) is 5.85. The third kappa shape index (κ3) is 4.87. The van der Waals surface area contributed by atoms with Crippen LogP contribution in [0.3, 0.4) is 0 Å². The summed E-state index contributed by atoms with van der Waals surface area (Å²) in [6, 6.07) is -1.19. The number of hydrogen-bond donors (Lipinski definition) is 4. The van der Waals surface area contributed by atoms with E-state index in [-0.39, 0.29) is 11.8 Å². The number of hydrogen-bond acceptors (Lipinski definition) is 6. The van der Waals surface area contributed by atoms with E-state index in [9.17, 15) is 9.90 Å². The molecule has 0 aromatic carbocycles. The topological polar surface area (TPSA) is 108 Å². The zero-order chi connectivity index (χ0) is 13.8. The molecule has 7 heteroatoms. The lowest BCUT2D eigenvalue weighted by Gasteiger charge is -2.35. The molecule has 1 heterocycles. The van der Waals surface area contributed by atoms with Gasteiger partial charge in [0.1, 0.15) is 12.3 Å². The Balaban J connectivity index is 2.32. The van der Waals surface area contributed by atoms with Crippen LogP contribution in [-0.2, 0) is 14.3 Å². The molecule has 0 aromatic rings. The highest BCUT2D eigenvalue weighted by Gasteiger charge is 2.30. The molecule has 0 aromatic heterocycles. The molecule has 1 rings (SSSR count). The summed E-state index contributed by atoms with van der Waals surface area (Å²) < 4.78 is 10.8. The van der Waals surface area contributed by atoms with Gasteiger partial charge >= 0.3 is 5.97 Å². The highest BCUT2D eigenvalue weighted by Crippen LogP contribution is 2.24. The van der Waals surface area contributed by atoms with Gasteiger partial charge in [0.15, 0.2) is 6.29 Å². The van der Waals surface area contributed by atoms with E-state index in [1.165, 1.54) is 0 Å². The van der Waals surface area contributed by atoms with Crippen molar-refractivity contribution in [2.75, 3.05) is 19.8 Å². The minimum Gasteiger partial charge on any atom is -0.480 e. The minimum atomic E-state index is -1.22. The Kier molecular flexibility index (Phi) is 5.48. The second-order valence-corrected chi connectivity index (χ2v) is 5.21. The summed E-state index contributed by atoms with van der Waals surface area (Å²) in [6.07, 6.45) is -1.56. The van der Waals surface area contributed by atoms with Crippen molar-refractivity contribution in [1.82, 2.24) is 5.32 Å². The Labute approximate surface area is 106 Å². The van der Waals surface area contributed by atoms with Gasteiger partial charge in [-0.15, -0.1) is 0 Å². The third-order valence-corrected chi connectivity index (χ3v) is 2.61. The second-order valence-electron chi connectivity index (χ2n) is 5.21. The van der Waals surface area contributed by atoms with Crippen LogP contribution in [0.15, 0.2) is 0 Å². The van der Waals surface area contributed by atoms with Crippen LogP contribution < -0.4 is 5.32 Å². The zero-order valence-corrected chi connectivity index (χ0v) is 10.6. The first kappa shape index (κ1) is 15.3. The molecule has 0 amide bonds. The van der Waals surface area contributed by atoms with Gasteiger partial charge < -0.3 is 24.8 Å². The quantitative estimate of drug-likeness (QED) is 0.461. The molecule has 7 nitrogen and oxygen atoms in total. The molecule has 1 aliphatic rings. The van der Waals surface area contributed by atoms with E-state index in [4.69, 9.17) is 19.7 Å². The van der Waals surface area contributed by atoms with E-state index >= 15 is 0 Å². The average Bonchev–Trinajstić information content (AvgIpc) is 2.28. The standard InChI is InChI=1S/C11H21NO6/c1-11(2)5-17-9(18-6-11)3-8(14)12-7(4-13)10(15)16/h7-9,12-14H,3-6H2,1-2H3,(H,15,16)/t7-,8?/m0/s1. The fourth-order valence-electron chi connectivity index (χ4n) is 1.55. The van der Waals surface area contributed by atoms with Gasteiger partial charge in [0.25, 0.3) is 0 Å². The number of aliphatic hydroxyl groups excluding tert-OH is 2. The number of aliphatic carboxylic acids is 1. The predicted molar refractivity (Wildman–Crippen MR) is 61.7 cm³/mol. The van der Waals surface area contributed by atoms with E-state index in [1.807, 2.05) is 13.8 Å². The van der Waals surface area contributed by atoms with Crippen molar-refractivity contribution >= 4 is 5.97 Å². The SMILES string of the molecule is CC1(C)COC(CC(O)N[C@@H](CO)C(=O)O)OC1. The monoisotopic (exact) mass is 263 g/mol. The molecule has 1 fully saturated rings. The summed E-state index contributed by atoms with van der Waals surface area (Å²) in [5.41, 5.74) is -0.0520. The van der Waals surface area contributed by atoms with Crippen molar-refractivity contribution in [1.29, 1.82) is 0 Å². The first-order chi connectivity index (χ1) is 8.34. The van der Waals surface area contributed by atoms with Crippen LogP contribution in [0.25, 0.3) is 0 Å². The van der Waals surface area contributed by atoms with Crippen molar-refractivity contribution in [2.24, 2.45) is 5.41 Å². The molecule has 4 N–H and O–H groups in total. The Morgan fingerprint density at radius 2 is 2.00 bits per heavy atom. The van der Waals surface area contributed by atoms with Gasteiger partial charge in [-0.05, 0) is 0 Å². The fraction of sp³-hybridized carbons (Fsp3) is 0.909. The Morgan fingerprint density at radius 1 is 1.44 bits per heavy atom. The van der Waals surface area contributed by atoms with Crippen LogP contribution in [0.1, 0.15) is 20.3 Å². The Bertz CT molecular complexity index is 273. The van der Waals surface area contributed by atoms with E-state index < -0.39 is 31.1 Å². The molecule has 2 atom stereocenters. The lowest BCUT2D eigenvalue weighted by molar-refractivity contribution is -0.232. The van der Waals surface area contributed by atoms with E-state index in [0.29, 0.717) is 13.2 Å². The van der Waals surface area contributed by atoms with Gasteiger partial charge in [0, 0.05) is 11.8 Å². The second kappa shape index (κ2) is 6.44. The van der Waals surface area contributed by atoms with E-state index in [2.05, 4.69) is 5.32 Å². The van der Waals surface area contributed by atoms with Crippen molar-refractivity contribution < 1.29 is 29.6 Å². The predicted octanol–water partition coefficient (Wildman–Crippen LogP) is -0.871. The molecule has 0 bridgehead atoms. The van der Waals surface area contributed by atoms with Gasteiger partial charge in [-0.2, -0.15) is 0 Å². The molecule has 1 saturated heterocycles. The van der Waals surface area contributed by atoms with Gasteiger partial charge in [-0.25, -0.2) is 0 Å². The lowest BCUT2D eigenvalue weighted by atomic mass is 9.95. The van der Waals surface area contributed by atoms with Crippen molar-refractivity contribution in [3.8, 4) is 0 Å². The van der Waals surface area contributed by atoms with Crippen molar-refractivity contribution in [3.05, 3.63) is 0 Å². The van der Waals surface area contributed by atoms with Crippen molar-refractivity contribution in [3.63, 3.8) is 0 Å². The average molecular weight is 263 g/mol. The molecule has 0 saturated carbocycles. The van der Waals surface area contributed by atoms with Crippen LogP contribution in [0.2, 0.25) is 0 Å². The molecule has 0 aliphatic carbocycles. The number of nitrogens with one attached hydrogen (secondary N) is 1. The number of rotatable bonds is 6. The minimum absolute atomic E-state index is 0.0520. The number of carbonyl (C=O) groups is 1. The van der Waals surface area contributed by atoms with Gasteiger partial charge in [-0.1, -0.05) is 13.8 Å². The van der Waals surface area contributed by atoms with Gasteiger partial charge in [-0.3, -0.25) is 10.1 Å². The summed E-state index contributed by atoms with van der Waals surface area (Å²) in [5, 5.41) is 29.5. The number of ether oxygens (including phenoxy) is 2. The molecule has 1 aliphatic heterocycles. The zero-order valence-electron chi connectivity index (χ0n) is 10.6. The van der Waals surface area contributed by atoms with Crippen LogP contribution in [0, 0.1) is 5.41 Å². The maximum absolute atomic E-state index is 10.6. The summed E-state index contributed by atoms with van der Waals surface area (Å²) in [6.45, 7) is 4.46. The van der Waals surface area contributed by atoms with Gasteiger partial charge in [0.05, 0.1) is 19.8 Å². The Hall–Kier alpha value is -0.730. The highest BCUT2D eigenvalue weighted by molar-refractivity contribution is 5.73. The van der Waals surface area contributed by atoms with Crippen LogP contribution in [0.5, 0.6) is 0 Å². The molecular formula is C11H21NO6. The summed E-state index contributed by atoms with van der Waals surface area (Å²) in [4.78, 5) is 10.6. The van der Waals surface area contributed by atoms with Crippen LogP contribution in [-0.4, -0.2) is 59.7 Å². The fourth-order valence-corrected chi connectivity index (χ4v) is 1.55. The maximum atomic E-state index is 10.6. The Morgan fingerprint density at radius 3 is 2.44 bits per heavy atom. The molecule has 1 unspecified atom stereocenters. The number of aliphatic hydroxyl groups is 2. The normalized spacial score (nSPS) is 23.6. The van der Waals surface area contributed by atoms with Crippen LogP contribution in [0.4, 0.5) is 0 Å². The van der Waals surface area contributed by atoms with E-state index in [1.54, 1.807) is 0 Å². The molecule has 0 spiro atoms. The smallest absolute Gasteiger partial charge is 0.323 e. The molecule has 18 heavy (non-hydrogen) atoms. The molecular weight excluding hydrogens is 242 g/mol. The third-order valence-electron chi connectivity index (χ3n) is 2.61. The van der Waals surface area contributed by atoms with E-state index in [0.717, 1.165) is 0 Å². The summed E-state index contributed by atoms with van der Waals surface area (Å²) in [7, 11) is 0. The van der Waals surface area contributed by atoms with Crippen LogP contribution >= 0.6 is 0 Å². The lowest BCUT2D eigenvalue weighted by Crippen LogP contribution is -2.48. The summed E-state index contributed by atoms with van der Waals surface area (Å²) in [5.74, 6) is -1.22. The van der Waals surface area contributed by atoms with Crippen molar-refractivity contribution in [2.45, 2.75) is 38.8 Å². The maximum Gasteiger partial charge on any atom is 0.323 e. The molecule has 106 valence electrons. The first-order valence-corrected chi connectivity index (χ1v) is 5.85. The summed E-state index contributed by atoms with van der Waals surface area (Å²) >= 11 is 0. The molecule has 0 radical (unpaired) electrons. The van der Waals surface area contributed by atoms with Gasteiger partial charge in [0.2, 0.25) is 0 Å². The largest absolute Gasteiger partial charge is 0.480 e. The number of carboxylic acids is 1. The highest BCUT2D eigenvalue weighted by atomic mass is 16.7.